The summed E-state index contributed by atoms with van der Waals surface area (Å²) in [6.45, 7) is 6.56. The number of amides is 1. The fraction of sp³-hybridized carbons (Fsp3) is 0.409. The summed E-state index contributed by atoms with van der Waals surface area (Å²) in [6, 6.07) is 13.2. The number of carbonyl (C=O) groups is 1. The Morgan fingerprint density at radius 2 is 1.87 bits per heavy atom. The van der Waals surface area contributed by atoms with Gasteiger partial charge in [-0.2, -0.15) is 0 Å². The smallest absolute Gasteiger partial charge is 0.261 e. The zero-order chi connectivity index (χ0) is 21.6. The van der Waals surface area contributed by atoms with Gasteiger partial charge < -0.3 is 9.80 Å². The van der Waals surface area contributed by atoms with Crippen molar-refractivity contribution in [2.75, 3.05) is 37.4 Å². The number of hydrogen-bond donors (Lipinski definition) is 1. The first-order valence-electron chi connectivity index (χ1n) is 10.3. The molecule has 3 rings (SSSR count). The fourth-order valence-electron chi connectivity index (χ4n) is 3.53. The molecule has 0 aromatic heterocycles. The second-order valence-electron chi connectivity index (χ2n) is 7.48. The normalized spacial score (nSPS) is 15.6. The van der Waals surface area contributed by atoms with Crippen molar-refractivity contribution in [1.82, 2.24) is 9.80 Å². The molecule has 0 unspecified atom stereocenters. The molecular formula is C22H28BrN3O3S. The first-order valence-corrected chi connectivity index (χ1v) is 12.6. The average Bonchev–Trinajstić information content (AvgIpc) is 2.97. The summed E-state index contributed by atoms with van der Waals surface area (Å²) in [6.07, 6.45) is 3.29. The van der Waals surface area contributed by atoms with Crippen LogP contribution >= 0.6 is 15.9 Å². The number of rotatable bonds is 7. The Morgan fingerprint density at radius 3 is 2.63 bits per heavy atom. The largest absolute Gasteiger partial charge is 0.337 e. The molecule has 2 aromatic rings. The maximum absolute atomic E-state index is 13.0. The minimum absolute atomic E-state index is 0.0594. The number of benzene rings is 2. The highest BCUT2D eigenvalue weighted by molar-refractivity contribution is 9.10. The number of hydrogen-bond acceptors (Lipinski definition) is 4. The number of nitrogens with one attached hydrogen (secondary N) is 1. The third-order valence-electron chi connectivity index (χ3n) is 5.17. The van der Waals surface area contributed by atoms with Gasteiger partial charge in [0.15, 0.2) is 0 Å². The summed E-state index contributed by atoms with van der Waals surface area (Å²) in [5.74, 6) is -0.0594. The monoisotopic (exact) mass is 493 g/mol. The minimum Gasteiger partial charge on any atom is -0.337 e. The van der Waals surface area contributed by atoms with Crippen LogP contribution in [0.3, 0.4) is 0 Å². The van der Waals surface area contributed by atoms with E-state index in [4.69, 9.17) is 0 Å². The number of unbranched alkanes of at least 4 members (excludes halogenated alkanes) is 1. The molecule has 0 bridgehead atoms. The number of nitrogens with zero attached hydrogens (tertiary/aromatic N) is 2. The molecule has 1 aliphatic heterocycles. The molecule has 162 valence electrons. The molecule has 1 amide bonds. The van der Waals surface area contributed by atoms with Crippen molar-refractivity contribution in [3.63, 3.8) is 0 Å². The molecule has 1 heterocycles. The summed E-state index contributed by atoms with van der Waals surface area (Å²) >= 11 is 3.29. The average molecular weight is 494 g/mol. The van der Waals surface area contributed by atoms with Crippen LogP contribution in [0, 0.1) is 0 Å². The van der Waals surface area contributed by atoms with Crippen molar-refractivity contribution < 1.29 is 13.2 Å². The van der Waals surface area contributed by atoms with Crippen molar-refractivity contribution in [2.24, 2.45) is 0 Å². The Balaban J connectivity index is 1.69. The van der Waals surface area contributed by atoms with Crippen LogP contribution in [0.5, 0.6) is 0 Å². The van der Waals surface area contributed by atoms with Crippen molar-refractivity contribution in [3.05, 3.63) is 58.6 Å². The van der Waals surface area contributed by atoms with Gasteiger partial charge in [-0.1, -0.05) is 41.4 Å². The van der Waals surface area contributed by atoms with Crippen LogP contribution in [0.15, 0.2) is 57.9 Å². The SMILES string of the molecule is CCCCN1CCCN(C(=O)c2cccc(NS(=O)(=O)c3cccc(Br)c3)c2)CC1. The van der Waals surface area contributed by atoms with Gasteiger partial charge in [-0.05, 0) is 62.3 Å². The highest BCUT2D eigenvalue weighted by atomic mass is 79.9. The standard InChI is InChI=1S/C22H28BrN3O3S/c1-2-3-11-25-12-6-13-26(15-14-25)22(27)18-7-4-9-20(16-18)24-30(28,29)21-10-5-8-19(23)17-21/h4-5,7-10,16-17,24H,2-3,6,11-15H2,1H3. The number of halogens is 1. The van der Waals surface area contributed by atoms with Gasteiger partial charge in [-0.3, -0.25) is 9.52 Å². The molecule has 30 heavy (non-hydrogen) atoms. The first-order chi connectivity index (χ1) is 14.4. The third kappa shape index (κ3) is 6.06. The van der Waals surface area contributed by atoms with Gasteiger partial charge in [-0.25, -0.2) is 8.42 Å². The lowest BCUT2D eigenvalue weighted by molar-refractivity contribution is 0.0761. The van der Waals surface area contributed by atoms with E-state index in [9.17, 15) is 13.2 Å². The number of sulfonamides is 1. The third-order valence-corrected chi connectivity index (χ3v) is 7.04. The molecule has 0 spiro atoms. The summed E-state index contributed by atoms with van der Waals surface area (Å²) in [5, 5.41) is 0. The summed E-state index contributed by atoms with van der Waals surface area (Å²) in [5.41, 5.74) is 0.867. The maximum Gasteiger partial charge on any atom is 0.261 e. The Morgan fingerprint density at radius 1 is 1.07 bits per heavy atom. The minimum atomic E-state index is -3.74. The topological polar surface area (TPSA) is 69.7 Å². The van der Waals surface area contributed by atoms with Gasteiger partial charge in [-0.15, -0.1) is 0 Å². The Kier molecular flexibility index (Phi) is 7.91. The zero-order valence-electron chi connectivity index (χ0n) is 17.2. The lowest BCUT2D eigenvalue weighted by Crippen LogP contribution is -2.35. The Hall–Kier alpha value is -1.90. The van der Waals surface area contributed by atoms with Crippen molar-refractivity contribution in [3.8, 4) is 0 Å². The molecule has 0 atom stereocenters. The summed E-state index contributed by atoms with van der Waals surface area (Å²) in [4.78, 5) is 17.5. The van der Waals surface area contributed by atoms with E-state index < -0.39 is 10.0 Å². The predicted molar refractivity (Wildman–Crippen MR) is 123 cm³/mol. The van der Waals surface area contributed by atoms with Gasteiger partial charge >= 0.3 is 0 Å². The molecule has 1 saturated heterocycles. The predicted octanol–water partition coefficient (Wildman–Crippen LogP) is 4.20. The van der Waals surface area contributed by atoms with Crippen LogP contribution in [-0.4, -0.2) is 56.8 Å². The van der Waals surface area contributed by atoms with E-state index >= 15 is 0 Å². The highest BCUT2D eigenvalue weighted by Gasteiger charge is 2.21. The van der Waals surface area contributed by atoms with Crippen LogP contribution in [0.1, 0.15) is 36.5 Å². The van der Waals surface area contributed by atoms with E-state index in [1.54, 1.807) is 42.5 Å². The molecule has 2 aromatic carbocycles. The van der Waals surface area contributed by atoms with E-state index in [-0.39, 0.29) is 10.8 Å². The Bertz CT molecular complexity index is 981. The summed E-state index contributed by atoms with van der Waals surface area (Å²) < 4.78 is 28.6. The second-order valence-corrected chi connectivity index (χ2v) is 10.1. The van der Waals surface area contributed by atoms with E-state index in [1.807, 2.05) is 4.90 Å². The van der Waals surface area contributed by atoms with Gasteiger partial charge in [0.25, 0.3) is 15.9 Å². The van der Waals surface area contributed by atoms with E-state index in [2.05, 4.69) is 32.5 Å². The van der Waals surface area contributed by atoms with E-state index in [0.717, 1.165) is 32.6 Å². The number of anilines is 1. The fourth-order valence-corrected chi connectivity index (χ4v) is 5.17. The van der Waals surface area contributed by atoms with Crippen LogP contribution in [0.25, 0.3) is 0 Å². The maximum atomic E-state index is 13.0. The van der Waals surface area contributed by atoms with Crippen LogP contribution < -0.4 is 4.72 Å². The quantitative estimate of drug-likeness (QED) is 0.627. The van der Waals surface area contributed by atoms with Crippen LogP contribution in [0.2, 0.25) is 0 Å². The van der Waals surface area contributed by atoms with Crippen LogP contribution in [-0.2, 0) is 10.0 Å². The molecule has 8 heteroatoms. The molecule has 6 nitrogen and oxygen atoms in total. The van der Waals surface area contributed by atoms with Gasteiger partial charge in [0.05, 0.1) is 4.90 Å². The first kappa shape index (κ1) is 22.8. The molecule has 0 saturated carbocycles. The molecule has 1 fully saturated rings. The second kappa shape index (κ2) is 10.4. The molecule has 0 radical (unpaired) electrons. The lowest BCUT2D eigenvalue weighted by atomic mass is 10.1. The van der Waals surface area contributed by atoms with Gasteiger partial charge in [0, 0.05) is 35.4 Å². The van der Waals surface area contributed by atoms with E-state index in [0.29, 0.717) is 22.3 Å². The van der Waals surface area contributed by atoms with Gasteiger partial charge in [0.2, 0.25) is 0 Å². The van der Waals surface area contributed by atoms with Crippen molar-refractivity contribution in [1.29, 1.82) is 0 Å². The molecule has 0 aliphatic carbocycles. The molecule has 1 N–H and O–H groups in total. The Labute approximate surface area is 187 Å². The number of carbonyl (C=O) groups excluding carboxylic acids is 1. The molecule has 1 aliphatic rings. The van der Waals surface area contributed by atoms with Crippen molar-refractivity contribution >= 4 is 37.5 Å². The van der Waals surface area contributed by atoms with E-state index in [1.165, 1.54) is 18.9 Å². The van der Waals surface area contributed by atoms with Crippen molar-refractivity contribution in [2.45, 2.75) is 31.1 Å². The zero-order valence-corrected chi connectivity index (χ0v) is 19.6. The lowest BCUT2D eigenvalue weighted by Gasteiger charge is -2.22. The van der Waals surface area contributed by atoms with Gasteiger partial charge in [0.1, 0.15) is 0 Å². The summed E-state index contributed by atoms with van der Waals surface area (Å²) in [7, 11) is -3.74. The van der Waals surface area contributed by atoms with Crippen LogP contribution in [0.4, 0.5) is 5.69 Å². The molecular weight excluding hydrogens is 466 g/mol. The highest BCUT2D eigenvalue weighted by Crippen LogP contribution is 2.21.